The molecule has 0 bridgehead atoms. The quantitative estimate of drug-likeness (QED) is 0.695. The lowest BCUT2D eigenvalue weighted by molar-refractivity contribution is 0.251. The molecule has 0 aliphatic carbocycles. The van der Waals surface area contributed by atoms with Crippen LogP contribution in [0.15, 0.2) is 0 Å². The molecule has 5 heteroatoms. The fourth-order valence-corrected chi connectivity index (χ4v) is 2.43. The van der Waals surface area contributed by atoms with Crippen LogP contribution in [-0.2, 0) is 10.0 Å². The van der Waals surface area contributed by atoms with Gasteiger partial charge in [0.25, 0.3) is 0 Å². The highest BCUT2D eigenvalue weighted by atomic mass is 32.2. The number of hydrogen-bond acceptors (Lipinski definition) is 3. The smallest absolute Gasteiger partial charge is 0.216 e. The highest BCUT2D eigenvalue weighted by Crippen LogP contribution is 2.09. The average Bonchev–Trinajstić information content (AvgIpc) is 2.11. The van der Waals surface area contributed by atoms with Gasteiger partial charge >= 0.3 is 0 Å². The molecule has 0 aliphatic heterocycles. The summed E-state index contributed by atoms with van der Waals surface area (Å²) >= 11 is 0. The van der Waals surface area contributed by atoms with Crippen molar-refractivity contribution in [2.45, 2.75) is 38.9 Å². The lowest BCUT2D eigenvalue weighted by Crippen LogP contribution is -2.38. The summed E-state index contributed by atoms with van der Waals surface area (Å²) in [6.07, 6.45) is 1.79. The van der Waals surface area contributed by atoms with Gasteiger partial charge in [-0.05, 0) is 20.3 Å². The molecule has 86 valence electrons. The predicted molar refractivity (Wildman–Crippen MR) is 57.6 cm³/mol. The molecule has 0 saturated carbocycles. The van der Waals surface area contributed by atoms with Crippen LogP contribution in [0.25, 0.3) is 0 Å². The van der Waals surface area contributed by atoms with Gasteiger partial charge in [-0.1, -0.05) is 13.3 Å². The van der Waals surface area contributed by atoms with Crippen molar-refractivity contribution in [1.29, 1.82) is 0 Å². The van der Waals surface area contributed by atoms with Crippen LogP contribution in [0.3, 0.4) is 0 Å². The van der Waals surface area contributed by atoms with Gasteiger partial charge in [0.05, 0.1) is 11.9 Å². The monoisotopic (exact) mass is 223 g/mol. The van der Waals surface area contributed by atoms with Gasteiger partial charge in [-0.25, -0.2) is 8.42 Å². The number of hydrogen-bond donors (Lipinski definition) is 1. The molecule has 0 radical (unpaired) electrons. The van der Waals surface area contributed by atoms with Crippen LogP contribution in [0.2, 0.25) is 0 Å². The van der Waals surface area contributed by atoms with Crippen molar-refractivity contribution in [3.63, 3.8) is 0 Å². The number of nitrogens with zero attached hydrogens (tertiary/aromatic N) is 1. The maximum Gasteiger partial charge on any atom is 0.216 e. The molecule has 0 atom stereocenters. The predicted octanol–water partition coefficient (Wildman–Crippen LogP) is 0.819. The molecule has 0 aromatic carbocycles. The zero-order valence-corrected chi connectivity index (χ0v) is 10.0. The third-order valence-electron chi connectivity index (χ3n) is 2.07. The molecule has 14 heavy (non-hydrogen) atoms. The Morgan fingerprint density at radius 2 is 1.86 bits per heavy atom. The average molecular weight is 223 g/mol. The minimum absolute atomic E-state index is 0.115. The van der Waals surface area contributed by atoms with Crippen molar-refractivity contribution in [2.75, 3.05) is 19.7 Å². The second-order valence-electron chi connectivity index (χ2n) is 3.57. The molecule has 0 aromatic rings. The lowest BCUT2D eigenvalue weighted by Gasteiger charge is -2.23. The summed E-state index contributed by atoms with van der Waals surface area (Å²) in [4.78, 5) is 0. The first-order valence-electron chi connectivity index (χ1n) is 5.06. The van der Waals surface area contributed by atoms with Gasteiger partial charge in [-0.2, -0.15) is 4.31 Å². The van der Waals surface area contributed by atoms with Crippen LogP contribution in [0.4, 0.5) is 0 Å². The molecule has 0 saturated heterocycles. The zero-order valence-electron chi connectivity index (χ0n) is 9.23. The molecule has 0 aromatic heterocycles. The lowest BCUT2D eigenvalue weighted by atomic mass is 10.3. The van der Waals surface area contributed by atoms with Gasteiger partial charge in [0, 0.05) is 13.1 Å². The van der Waals surface area contributed by atoms with E-state index in [1.54, 1.807) is 13.8 Å². The number of aliphatic hydroxyl groups excluding tert-OH is 1. The molecule has 0 amide bonds. The molecule has 0 spiro atoms. The standard InChI is InChI=1S/C9H21NO3S/c1-4-5-6-10(7-8-11)14(12,13)9(2)3/h9,11H,4-8H2,1-3H3. The molecule has 0 unspecified atom stereocenters. The second kappa shape index (κ2) is 6.37. The molecular weight excluding hydrogens is 202 g/mol. The van der Waals surface area contributed by atoms with Crippen molar-refractivity contribution in [3.05, 3.63) is 0 Å². The number of sulfonamides is 1. The minimum atomic E-state index is -3.20. The van der Waals surface area contributed by atoms with Gasteiger partial charge in [0.1, 0.15) is 0 Å². The fraction of sp³-hybridized carbons (Fsp3) is 1.00. The Hall–Kier alpha value is -0.130. The van der Waals surface area contributed by atoms with Crippen molar-refractivity contribution < 1.29 is 13.5 Å². The molecule has 0 aliphatic rings. The second-order valence-corrected chi connectivity index (χ2v) is 6.06. The largest absolute Gasteiger partial charge is 0.395 e. The maximum absolute atomic E-state index is 11.7. The van der Waals surface area contributed by atoms with E-state index in [4.69, 9.17) is 5.11 Å². The summed E-state index contributed by atoms with van der Waals surface area (Å²) in [5, 5.41) is 8.36. The van der Waals surface area contributed by atoms with Crippen LogP contribution in [0.1, 0.15) is 33.6 Å². The van der Waals surface area contributed by atoms with E-state index in [0.29, 0.717) is 6.54 Å². The summed E-state index contributed by atoms with van der Waals surface area (Å²) in [7, 11) is -3.20. The minimum Gasteiger partial charge on any atom is -0.395 e. The van der Waals surface area contributed by atoms with Crippen LogP contribution in [0, 0.1) is 0 Å². The third-order valence-corrected chi connectivity index (χ3v) is 4.34. The van der Waals surface area contributed by atoms with Gasteiger partial charge in [-0.3, -0.25) is 0 Å². The van der Waals surface area contributed by atoms with E-state index in [2.05, 4.69) is 0 Å². The van der Waals surface area contributed by atoms with Gasteiger partial charge in [0.15, 0.2) is 0 Å². The van der Waals surface area contributed by atoms with E-state index in [9.17, 15) is 8.42 Å². The van der Waals surface area contributed by atoms with E-state index >= 15 is 0 Å². The molecule has 0 rings (SSSR count). The Morgan fingerprint density at radius 3 is 2.21 bits per heavy atom. The van der Waals surface area contributed by atoms with Crippen molar-refractivity contribution in [1.82, 2.24) is 4.31 Å². The van der Waals surface area contributed by atoms with Crippen molar-refractivity contribution >= 4 is 10.0 Å². The Balaban J connectivity index is 4.47. The Bertz CT molecular complexity index is 236. The number of rotatable bonds is 7. The molecular formula is C9H21NO3S. The number of unbranched alkanes of at least 4 members (excludes halogenated alkanes) is 1. The summed E-state index contributed by atoms with van der Waals surface area (Å²) in [6, 6.07) is 0. The SMILES string of the molecule is CCCCN(CCO)S(=O)(=O)C(C)C. The van der Waals surface area contributed by atoms with Crippen molar-refractivity contribution in [3.8, 4) is 0 Å². The zero-order chi connectivity index (χ0) is 11.2. The van der Waals surface area contributed by atoms with Crippen LogP contribution in [-0.4, -0.2) is 42.8 Å². The van der Waals surface area contributed by atoms with Gasteiger partial charge in [-0.15, -0.1) is 0 Å². The topological polar surface area (TPSA) is 57.6 Å². The maximum atomic E-state index is 11.7. The molecule has 0 fully saturated rings. The first-order valence-corrected chi connectivity index (χ1v) is 6.57. The van der Waals surface area contributed by atoms with E-state index in [1.165, 1.54) is 4.31 Å². The Morgan fingerprint density at radius 1 is 1.29 bits per heavy atom. The van der Waals surface area contributed by atoms with Gasteiger partial charge < -0.3 is 5.11 Å². The molecule has 1 N–H and O–H groups in total. The molecule has 4 nitrogen and oxygen atoms in total. The number of aliphatic hydroxyl groups is 1. The summed E-state index contributed by atoms with van der Waals surface area (Å²) in [5.74, 6) is 0. The Kier molecular flexibility index (Phi) is 6.31. The highest BCUT2D eigenvalue weighted by molar-refractivity contribution is 7.89. The first kappa shape index (κ1) is 13.9. The van der Waals surface area contributed by atoms with E-state index in [-0.39, 0.29) is 13.2 Å². The van der Waals surface area contributed by atoms with E-state index in [1.807, 2.05) is 6.92 Å². The van der Waals surface area contributed by atoms with Crippen LogP contribution in [0.5, 0.6) is 0 Å². The fourth-order valence-electron chi connectivity index (χ4n) is 1.11. The first-order chi connectivity index (χ1) is 6.46. The van der Waals surface area contributed by atoms with E-state index in [0.717, 1.165) is 12.8 Å². The van der Waals surface area contributed by atoms with E-state index < -0.39 is 15.3 Å². The molecule has 0 heterocycles. The summed E-state index contributed by atoms with van der Waals surface area (Å²) < 4.78 is 24.9. The normalized spacial score (nSPS) is 12.7. The highest BCUT2D eigenvalue weighted by Gasteiger charge is 2.24. The Labute approximate surface area is 87.0 Å². The van der Waals surface area contributed by atoms with Crippen LogP contribution < -0.4 is 0 Å². The summed E-state index contributed by atoms with van der Waals surface area (Å²) in [6.45, 7) is 5.93. The summed E-state index contributed by atoms with van der Waals surface area (Å²) in [5.41, 5.74) is 0. The third kappa shape index (κ3) is 3.94. The van der Waals surface area contributed by atoms with Gasteiger partial charge in [0.2, 0.25) is 10.0 Å². The van der Waals surface area contributed by atoms with Crippen molar-refractivity contribution in [2.24, 2.45) is 0 Å². The van der Waals surface area contributed by atoms with Crippen LogP contribution >= 0.6 is 0 Å².